The van der Waals surface area contributed by atoms with Gasteiger partial charge in [0.2, 0.25) is 11.8 Å². The molecule has 0 saturated carbocycles. The molecular formula is C20H28N2O2S. The molecule has 1 N–H and O–H groups in total. The fraction of sp³-hybridized carbons (Fsp3) is 0.600. The van der Waals surface area contributed by atoms with Gasteiger partial charge in [0.15, 0.2) is 0 Å². The van der Waals surface area contributed by atoms with Gasteiger partial charge < -0.3 is 10.2 Å². The number of rotatable bonds is 6. The van der Waals surface area contributed by atoms with E-state index in [1.807, 2.05) is 23.1 Å². The minimum Gasteiger partial charge on any atom is -0.347 e. The molecule has 0 bridgehead atoms. The first-order valence-electron chi connectivity index (χ1n) is 9.31. The molecule has 2 aliphatic rings. The van der Waals surface area contributed by atoms with Gasteiger partial charge in [0.1, 0.15) is 6.04 Å². The zero-order chi connectivity index (χ0) is 18.0. The van der Waals surface area contributed by atoms with Crippen LogP contribution in [-0.4, -0.2) is 33.4 Å². The number of carbonyl (C=O) groups is 2. The molecule has 0 aromatic heterocycles. The van der Waals surface area contributed by atoms with Crippen LogP contribution in [0.4, 0.5) is 0 Å². The summed E-state index contributed by atoms with van der Waals surface area (Å²) >= 11 is 1.74. The highest BCUT2D eigenvalue weighted by Crippen LogP contribution is 2.47. The second kappa shape index (κ2) is 7.40. The molecule has 2 aliphatic heterocycles. The van der Waals surface area contributed by atoms with Crippen molar-refractivity contribution in [3.63, 3.8) is 0 Å². The number of thioether (sulfide) groups is 1. The summed E-state index contributed by atoms with van der Waals surface area (Å²) in [4.78, 5) is 27.0. The predicted octanol–water partition coefficient (Wildman–Crippen LogP) is 3.73. The number of benzene rings is 1. The highest BCUT2D eigenvalue weighted by molar-refractivity contribution is 8.01. The quantitative estimate of drug-likeness (QED) is 0.841. The summed E-state index contributed by atoms with van der Waals surface area (Å²) in [7, 11) is 0. The number of amides is 2. The van der Waals surface area contributed by atoms with Crippen LogP contribution in [0.5, 0.6) is 0 Å². The normalized spacial score (nSPS) is 26.8. The van der Waals surface area contributed by atoms with Crippen LogP contribution in [0.25, 0.3) is 0 Å². The molecule has 1 aromatic carbocycles. The van der Waals surface area contributed by atoms with Crippen molar-refractivity contribution < 1.29 is 9.59 Å². The minimum absolute atomic E-state index is 0.00161. The van der Waals surface area contributed by atoms with Crippen molar-refractivity contribution in [3.8, 4) is 0 Å². The molecule has 1 aromatic rings. The Morgan fingerprint density at radius 2 is 2.00 bits per heavy atom. The molecule has 0 radical (unpaired) electrons. The van der Waals surface area contributed by atoms with E-state index in [2.05, 4.69) is 38.2 Å². The lowest BCUT2D eigenvalue weighted by Gasteiger charge is -2.32. The van der Waals surface area contributed by atoms with Gasteiger partial charge in [-0.2, -0.15) is 0 Å². The van der Waals surface area contributed by atoms with Crippen LogP contribution in [0.2, 0.25) is 0 Å². The van der Waals surface area contributed by atoms with Crippen molar-refractivity contribution in [1.29, 1.82) is 0 Å². The third-order valence-corrected chi connectivity index (χ3v) is 7.23. The van der Waals surface area contributed by atoms with E-state index in [9.17, 15) is 9.59 Å². The number of carbonyl (C=O) groups excluding carboxylic acids is 2. The summed E-state index contributed by atoms with van der Waals surface area (Å²) in [5, 5.41) is 3.28. The van der Waals surface area contributed by atoms with Crippen LogP contribution in [0.1, 0.15) is 58.1 Å². The van der Waals surface area contributed by atoms with Gasteiger partial charge in [-0.25, -0.2) is 0 Å². The standard InChI is InChI=1S/C20H28N2O2S/c1-4-14(5-2)18(15-9-7-6-8-10-15)21-19(24)16-13-25-20(3)12-11-17(23)22(16)20/h6-10,14,16,18H,4-5,11-13H2,1-3H3,(H,21,24). The SMILES string of the molecule is CCC(CC)C(NC(=O)C1CSC2(C)CCC(=O)N12)c1ccccc1. The highest BCUT2D eigenvalue weighted by Gasteiger charge is 2.53. The first kappa shape index (κ1) is 18.3. The van der Waals surface area contributed by atoms with E-state index in [4.69, 9.17) is 0 Å². The van der Waals surface area contributed by atoms with Gasteiger partial charge in [0, 0.05) is 12.2 Å². The Morgan fingerprint density at radius 1 is 1.32 bits per heavy atom. The Kier molecular flexibility index (Phi) is 5.42. The maximum atomic E-state index is 13.1. The van der Waals surface area contributed by atoms with Gasteiger partial charge in [0.05, 0.1) is 10.9 Å². The summed E-state index contributed by atoms with van der Waals surface area (Å²) in [6.45, 7) is 6.43. The van der Waals surface area contributed by atoms with Crippen molar-refractivity contribution in [2.24, 2.45) is 5.92 Å². The second-order valence-electron chi connectivity index (χ2n) is 7.24. The molecule has 0 spiro atoms. The smallest absolute Gasteiger partial charge is 0.244 e. The fourth-order valence-electron chi connectivity index (χ4n) is 4.16. The molecule has 2 heterocycles. The average molecular weight is 361 g/mol. The van der Waals surface area contributed by atoms with E-state index < -0.39 is 0 Å². The second-order valence-corrected chi connectivity index (χ2v) is 8.74. The third kappa shape index (κ3) is 3.43. The number of nitrogens with zero attached hydrogens (tertiary/aromatic N) is 1. The molecule has 4 nitrogen and oxygen atoms in total. The zero-order valence-electron chi connectivity index (χ0n) is 15.3. The maximum absolute atomic E-state index is 13.1. The average Bonchev–Trinajstić information content (AvgIpc) is 3.12. The van der Waals surface area contributed by atoms with Crippen molar-refractivity contribution in [2.75, 3.05) is 5.75 Å². The Bertz CT molecular complexity index is 632. The molecule has 3 unspecified atom stereocenters. The first-order valence-corrected chi connectivity index (χ1v) is 10.3. The highest BCUT2D eigenvalue weighted by atomic mass is 32.2. The van der Waals surface area contributed by atoms with Gasteiger partial charge in [-0.1, -0.05) is 57.0 Å². The molecule has 3 rings (SSSR count). The van der Waals surface area contributed by atoms with Crippen LogP contribution >= 0.6 is 11.8 Å². The summed E-state index contributed by atoms with van der Waals surface area (Å²) in [6, 6.07) is 9.85. The lowest BCUT2D eigenvalue weighted by Crippen LogP contribution is -2.51. The van der Waals surface area contributed by atoms with E-state index in [-0.39, 0.29) is 28.8 Å². The van der Waals surface area contributed by atoms with Crippen molar-refractivity contribution in [1.82, 2.24) is 10.2 Å². The summed E-state index contributed by atoms with van der Waals surface area (Å²) in [5.41, 5.74) is 1.14. The van der Waals surface area contributed by atoms with Crippen molar-refractivity contribution in [2.45, 2.75) is 63.4 Å². The Morgan fingerprint density at radius 3 is 2.64 bits per heavy atom. The van der Waals surface area contributed by atoms with E-state index in [1.54, 1.807) is 11.8 Å². The van der Waals surface area contributed by atoms with E-state index in [0.29, 0.717) is 18.1 Å². The van der Waals surface area contributed by atoms with Crippen molar-refractivity contribution in [3.05, 3.63) is 35.9 Å². The van der Waals surface area contributed by atoms with E-state index in [1.165, 1.54) is 0 Å². The van der Waals surface area contributed by atoms with Crippen LogP contribution in [0.3, 0.4) is 0 Å². The molecule has 2 saturated heterocycles. The number of fused-ring (bicyclic) bond motifs is 1. The van der Waals surface area contributed by atoms with E-state index >= 15 is 0 Å². The summed E-state index contributed by atoms with van der Waals surface area (Å²) in [5.74, 6) is 1.19. The molecule has 2 amide bonds. The molecular weight excluding hydrogens is 332 g/mol. The first-order chi connectivity index (χ1) is 12.0. The number of nitrogens with one attached hydrogen (secondary N) is 1. The number of hydrogen-bond donors (Lipinski definition) is 1. The lowest BCUT2D eigenvalue weighted by molar-refractivity contribution is -0.138. The topological polar surface area (TPSA) is 49.4 Å². The van der Waals surface area contributed by atoms with Gasteiger partial charge in [-0.15, -0.1) is 11.8 Å². The third-order valence-electron chi connectivity index (χ3n) is 5.72. The van der Waals surface area contributed by atoms with Gasteiger partial charge in [-0.05, 0) is 24.8 Å². The predicted molar refractivity (Wildman–Crippen MR) is 102 cm³/mol. The minimum atomic E-state index is -0.342. The molecule has 5 heteroatoms. The van der Waals surface area contributed by atoms with Crippen LogP contribution in [0.15, 0.2) is 30.3 Å². The van der Waals surface area contributed by atoms with Crippen LogP contribution in [-0.2, 0) is 9.59 Å². The monoisotopic (exact) mass is 360 g/mol. The molecule has 2 fully saturated rings. The zero-order valence-corrected chi connectivity index (χ0v) is 16.1. The maximum Gasteiger partial charge on any atom is 0.244 e. The fourth-order valence-corrected chi connectivity index (χ4v) is 5.59. The van der Waals surface area contributed by atoms with Gasteiger partial charge in [-0.3, -0.25) is 9.59 Å². The van der Waals surface area contributed by atoms with Gasteiger partial charge in [0.25, 0.3) is 0 Å². The summed E-state index contributed by atoms with van der Waals surface area (Å²) in [6.07, 6.45) is 3.42. The molecule has 25 heavy (non-hydrogen) atoms. The Balaban J connectivity index is 1.80. The van der Waals surface area contributed by atoms with Crippen molar-refractivity contribution >= 4 is 23.6 Å². The van der Waals surface area contributed by atoms with Gasteiger partial charge >= 0.3 is 0 Å². The molecule has 136 valence electrons. The Hall–Kier alpha value is -1.49. The Labute approximate surface area is 154 Å². The largest absolute Gasteiger partial charge is 0.347 e. The molecule has 0 aliphatic carbocycles. The van der Waals surface area contributed by atoms with E-state index in [0.717, 1.165) is 24.8 Å². The lowest BCUT2D eigenvalue weighted by atomic mass is 9.88. The van der Waals surface area contributed by atoms with Crippen LogP contribution < -0.4 is 5.32 Å². The molecule has 3 atom stereocenters. The number of hydrogen-bond acceptors (Lipinski definition) is 3. The summed E-state index contributed by atoms with van der Waals surface area (Å²) < 4.78 is 0. The van der Waals surface area contributed by atoms with Crippen LogP contribution in [0, 0.1) is 5.92 Å².